The molecule has 1 aromatic rings. The van der Waals surface area contributed by atoms with Gasteiger partial charge in [0.25, 0.3) is 0 Å². The summed E-state index contributed by atoms with van der Waals surface area (Å²) in [6.45, 7) is 1.11. The Bertz CT molecular complexity index is 506. The molecule has 2 atom stereocenters. The normalized spacial score (nSPS) is 30.0. The minimum absolute atomic E-state index is 0.636. The van der Waals surface area contributed by atoms with Gasteiger partial charge in [0.1, 0.15) is 5.82 Å². The minimum atomic E-state index is 0.636. The van der Waals surface area contributed by atoms with Crippen molar-refractivity contribution >= 4 is 0 Å². The van der Waals surface area contributed by atoms with Crippen molar-refractivity contribution in [2.24, 2.45) is 0 Å². The summed E-state index contributed by atoms with van der Waals surface area (Å²) in [6.07, 6.45) is 16.2. The van der Waals surface area contributed by atoms with Crippen LogP contribution in [0.15, 0.2) is 23.5 Å². The predicted octanol–water partition coefficient (Wildman–Crippen LogP) is 3.21. The van der Waals surface area contributed by atoms with E-state index in [4.69, 9.17) is 0 Å². The fourth-order valence-electron chi connectivity index (χ4n) is 4.36. The molecule has 0 bridgehead atoms. The van der Waals surface area contributed by atoms with E-state index < -0.39 is 0 Å². The zero-order chi connectivity index (χ0) is 13.4. The van der Waals surface area contributed by atoms with Crippen molar-refractivity contribution in [2.75, 3.05) is 0 Å². The van der Waals surface area contributed by atoms with Gasteiger partial charge in [-0.1, -0.05) is 11.1 Å². The zero-order valence-corrected chi connectivity index (χ0v) is 12.3. The van der Waals surface area contributed by atoms with Crippen molar-refractivity contribution in [3.8, 4) is 0 Å². The topological polar surface area (TPSA) is 29.9 Å². The summed E-state index contributed by atoms with van der Waals surface area (Å²) in [4.78, 5) is 4.43. The molecule has 4 rings (SSSR count). The summed E-state index contributed by atoms with van der Waals surface area (Å²) in [5.41, 5.74) is 3.60. The molecule has 1 aromatic heterocycles. The third-order valence-corrected chi connectivity index (χ3v) is 5.39. The van der Waals surface area contributed by atoms with E-state index in [1.165, 1.54) is 57.2 Å². The predicted molar refractivity (Wildman–Crippen MR) is 80.6 cm³/mol. The summed E-state index contributed by atoms with van der Waals surface area (Å²) in [5.74, 6) is 1.27. The van der Waals surface area contributed by atoms with Crippen molar-refractivity contribution in [3.63, 3.8) is 0 Å². The molecule has 0 amide bonds. The van der Waals surface area contributed by atoms with Crippen LogP contribution in [0.25, 0.3) is 0 Å². The highest BCUT2D eigenvalue weighted by atomic mass is 15.1. The van der Waals surface area contributed by atoms with Crippen LogP contribution in [0.4, 0.5) is 0 Å². The van der Waals surface area contributed by atoms with Crippen LogP contribution in [0.3, 0.4) is 0 Å². The van der Waals surface area contributed by atoms with E-state index >= 15 is 0 Å². The van der Waals surface area contributed by atoms with Gasteiger partial charge in [0.2, 0.25) is 0 Å². The first kappa shape index (κ1) is 12.6. The summed E-state index contributed by atoms with van der Waals surface area (Å²) in [5, 5.41) is 3.97. The van der Waals surface area contributed by atoms with Gasteiger partial charge in [0.05, 0.1) is 0 Å². The highest BCUT2D eigenvalue weighted by molar-refractivity contribution is 5.25. The molecule has 2 unspecified atom stereocenters. The Kier molecular flexibility index (Phi) is 3.39. The highest BCUT2D eigenvalue weighted by Crippen LogP contribution is 2.36. The number of hydrogen-bond acceptors (Lipinski definition) is 2. The lowest BCUT2D eigenvalue weighted by Crippen LogP contribution is -2.43. The highest BCUT2D eigenvalue weighted by Gasteiger charge is 2.28. The average Bonchev–Trinajstić information content (AvgIpc) is 3.19. The smallest absolute Gasteiger partial charge is 0.108 e. The molecule has 3 nitrogen and oxygen atoms in total. The van der Waals surface area contributed by atoms with Gasteiger partial charge in [0.15, 0.2) is 0 Å². The van der Waals surface area contributed by atoms with E-state index in [1.807, 2.05) is 6.20 Å². The first-order valence-electron chi connectivity index (χ1n) is 8.37. The molecule has 20 heavy (non-hydrogen) atoms. The number of aromatic nitrogens is 2. The monoisotopic (exact) mass is 271 g/mol. The molecular weight excluding hydrogens is 246 g/mol. The first-order valence-corrected chi connectivity index (χ1v) is 8.37. The van der Waals surface area contributed by atoms with E-state index in [2.05, 4.69) is 21.1 Å². The first-order chi connectivity index (χ1) is 9.90. The SMILES string of the molecule is c1cn2c(n1)CCC(NC1CCCC1=C1CCCC1)C2. The lowest BCUT2D eigenvalue weighted by Gasteiger charge is -2.29. The van der Waals surface area contributed by atoms with Gasteiger partial charge < -0.3 is 9.88 Å². The maximum atomic E-state index is 4.43. The summed E-state index contributed by atoms with van der Waals surface area (Å²) < 4.78 is 2.33. The number of hydrogen-bond donors (Lipinski definition) is 1. The Balaban J connectivity index is 1.45. The third-order valence-electron chi connectivity index (χ3n) is 5.39. The number of allylic oxidation sites excluding steroid dienone is 1. The fraction of sp³-hybridized carbons (Fsp3) is 0.706. The molecule has 0 aromatic carbocycles. The Morgan fingerprint density at radius 2 is 1.95 bits per heavy atom. The van der Waals surface area contributed by atoms with Crippen molar-refractivity contribution in [1.82, 2.24) is 14.9 Å². The molecular formula is C17H25N3. The summed E-state index contributed by atoms with van der Waals surface area (Å²) in [6, 6.07) is 1.31. The fourth-order valence-corrected chi connectivity index (χ4v) is 4.36. The second-order valence-corrected chi connectivity index (χ2v) is 6.68. The number of aryl methyl sites for hydroxylation is 1. The minimum Gasteiger partial charge on any atom is -0.333 e. The van der Waals surface area contributed by atoms with E-state index in [1.54, 1.807) is 11.1 Å². The van der Waals surface area contributed by atoms with E-state index in [9.17, 15) is 0 Å². The number of imidazole rings is 1. The summed E-state index contributed by atoms with van der Waals surface area (Å²) in [7, 11) is 0. The maximum Gasteiger partial charge on any atom is 0.108 e. The largest absolute Gasteiger partial charge is 0.333 e. The zero-order valence-electron chi connectivity index (χ0n) is 12.3. The van der Waals surface area contributed by atoms with Gasteiger partial charge in [-0.05, 0) is 51.4 Å². The van der Waals surface area contributed by atoms with Crippen molar-refractivity contribution in [1.29, 1.82) is 0 Å². The van der Waals surface area contributed by atoms with Crippen LogP contribution in [0, 0.1) is 0 Å². The number of nitrogens with zero attached hydrogens (tertiary/aromatic N) is 2. The van der Waals surface area contributed by atoms with Gasteiger partial charge >= 0.3 is 0 Å². The molecule has 2 heterocycles. The standard InChI is InChI=1S/C17H25N3/c1-2-5-13(4-1)15-6-3-7-16(15)19-14-8-9-17-18-10-11-20(17)12-14/h10-11,14,16,19H,1-9,12H2. The number of nitrogens with one attached hydrogen (secondary N) is 1. The molecule has 1 aliphatic heterocycles. The number of rotatable bonds is 2. The van der Waals surface area contributed by atoms with Crippen LogP contribution >= 0.6 is 0 Å². The van der Waals surface area contributed by atoms with E-state index in [0.717, 1.165) is 13.0 Å². The molecule has 0 radical (unpaired) electrons. The van der Waals surface area contributed by atoms with Crippen molar-refractivity contribution in [3.05, 3.63) is 29.4 Å². The van der Waals surface area contributed by atoms with Crippen molar-refractivity contribution < 1.29 is 0 Å². The number of fused-ring (bicyclic) bond motifs is 1. The van der Waals surface area contributed by atoms with Crippen LogP contribution < -0.4 is 5.32 Å². The van der Waals surface area contributed by atoms with Crippen molar-refractivity contribution in [2.45, 2.75) is 76.4 Å². The van der Waals surface area contributed by atoms with E-state index in [0.29, 0.717) is 12.1 Å². The second-order valence-electron chi connectivity index (χ2n) is 6.68. The Hall–Kier alpha value is -1.09. The van der Waals surface area contributed by atoms with Gasteiger partial charge in [-0.3, -0.25) is 0 Å². The molecule has 2 fully saturated rings. The maximum absolute atomic E-state index is 4.43. The summed E-state index contributed by atoms with van der Waals surface area (Å²) >= 11 is 0. The molecule has 0 saturated heterocycles. The second kappa shape index (κ2) is 5.36. The van der Waals surface area contributed by atoms with Gasteiger partial charge in [-0.15, -0.1) is 0 Å². The van der Waals surface area contributed by atoms with Crippen LogP contribution in [-0.4, -0.2) is 21.6 Å². The van der Waals surface area contributed by atoms with Crippen LogP contribution in [0.5, 0.6) is 0 Å². The third kappa shape index (κ3) is 2.32. The van der Waals surface area contributed by atoms with Gasteiger partial charge in [-0.2, -0.15) is 0 Å². The van der Waals surface area contributed by atoms with Crippen LogP contribution in [0.2, 0.25) is 0 Å². The quantitative estimate of drug-likeness (QED) is 0.837. The Morgan fingerprint density at radius 3 is 2.85 bits per heavy atom. The Morgan fingerprint density at radius 1 is 1.05 bits per heavy atom. The molecule has 1 N–H and O–H groups in total. The van der Waals surface area contributed by atoms with E-state index in [-0.39, 0.29) is 0 Å². The molecule has 2 aliphatic carbocycles. The lowest BCUT2D eigenvalue weighted by atomic mass is 9.99. The van der Waals surface area contributed by atoms with Gasteiger partial charge in [-0.25, -0.2) is 4.98 Å². The Labute approximate surface area is 121 Å². The van der Waals surface area contributed by atoms with Crippen LogP contribution in [0.1, 0.15) is 57.2 Å². The average molecular weight is 271 g/mol. The molecule has 3 aliphatic rings. The van der Waals surface area contributed by atoms with Crippen LogP contribution in [-0.2, 0) is 13.0 Å². The molecule has 3 heteroatoms. The molecule has 108 valence electrons. The van der Waals surface area contributed by atoms with Gasteiger partial charge in [0, 0.05) is 37.4 Å². The lowest BCUT2D eigenvalue weighted by molar-refractivity contribution is 0.356. The molecule has 0 spiro atoms. The molecule has 2 saturated carbocycles.